The predicted molar refractivity (Wildman–Crippen MR) is 131 cm³/mol. The Bertz CT molecular complexity index is 1660. The monoisotopic (exact) mass is 453 g/mol. The van der Waals surface area contributed by atoms with Crippen molar-refractivity contribution >= 4 is 37.4 Å². The quantitative estimate of drug-likeness (QED) is 0.372. The van der Waals surface area contributed by atoms with E-state index in [1.54, 1.807) is 22.2 Å². The van der Waals surface area contributed by atoms with E-state index >= 15 is 0 Å². The van der Waals surface area contributed by atoms with E-state index in [-0.39, 0.29) is 0 Å². The number of fused-ring (bicyclic) bond motifs is 5. The standard InChI is InChI=1S/C25H23N7S/c1-14-12-15(2)27-25-21(14)22-23(33-25)24-28-20(30-31(24)13-26-22)11-10-19-16(3)29-32(17(19)4)18-8-6-5-7-9-18/h5-9,12-13H,10-11H2,1-4H3. The Morgan fingerprint density at radius 1 is 0.939 bits per heavy atom. The summed E-state index contributed by atoms with van der Waals surface area (Å²) in [5, 5.41) is 10.6. The molecule has 164 valence electrons. The van der Waals surface area contributed by atoms with Crippen LogP contribution < -0.4 is 0 Å². The van der Waals surface area contributed by atoms with Crippen LogP contribution >= 0.6 is 11.3 Å². The van der Waals surface area contributed by atoms with E-state index < -0.39 is 0 Å². The Balaban J connectivity index is 1.36. The molecule has 6 aromatic rings. The van der Waals surface area contributed by atoms with Gasteiger partial charge in [0.25, 0.3) is 0 Å². The number of pyridine rings is 1. The van der Waals surface area contributed by atoms with Crippen LogP contribution in [0.15, 0.2) is 42.7 Å². The molecule has 0 spiro atoms. The van der Waals surface area contributed by atoms with E-state index in [4.69, 9.17) is 25.1 Å². The van der Waals surface area contributed by atoms with Crippen molar-refractivity contribution in [3.8, 4) is 5.69 Å². The maximum absolute atomic E-state index is 4.89. The topological polar surface area (TPSA) is 73.8 Å². The van der Waals surface area contributed by atoms with Crippen molar-refractivity contribution in [2.75, 3.05) is 0 Å². The highest BCUT2D eigenvalue weighted by atomic mass is 32.1. The normalized spacial score (nSPS) is 11.9. The molecule has 7 nitrogen and oxygen atoms in total. The summed E-state index contributed by atoms with van der Waals surface area (Å²) in [7, 11) is 0. The summed E-state index contributed by atoms with van der Waals surface area (Å²) in [6, 6.07) is 12.4. The van der Waals surface area contributed by atoms with E-state index in [1.165, 1.54) is 11.1 Å². The minimum absolute atomic E-state index is 0.743. The van der Waals surface area contributed by atoms with Gasteiger partial charge < -0.3 is 0 Å². The average Bonchev–Trinajstić information content (AvgIpc) is 3.46. The van der Waals surface area contributed by atoms with Gasteiger partial charge >= 0.3 is 0 Å². The first-order chi connectivity index (χ1) is 16.0. The third kappa shape index (κ3) is 3.21. The molecule has 5 aromatic heterocycles. The van der Waals surface area contributed by atoms with Gasteiger partial charge in [-0.3, -0.25) is 0 Å². The SMILES string of the molecule is Cc1cc(C)c2c(n1)sc1c2ncn2nc(CCc3c(C)nn(-c4ccccc4)c3C)nc12. The number of rotatable bonds is 4. The van der Waals surface area contributed by atoms with Crippen molar-refractivity contribution in [2.24, 2.45) is 0 Å². The van der Waals surface area contributed by atoms with Crippen molar-refractivity contribution in [3.05, 3.63) is 76.8 Å². The second kappa shape index (κ2) is 7.45. The Morgan fingerprint density at radius 3 is 2.58 bits per heavy atom. The first-order valence-electron chi connectivity index (χ1n) is 11.0. The summed E-state index contributed by atoms with van der Waals surface area (Å²) >= 11 is 1.64. The largest absolute Gasteiger partial charge is 0.242 e. The highest BCUT2D eigenvalue weighted by Gasteiger charge is 2.18. The number of hydrogen-bond acceptors (Lipinski definition) is 6. The molecular weight excluding hydrogens is 430 g/mol. The van der Waals surface area contributed by atoms with Crippen molar-refractivity contribution in [1.29, 1.82) is 0 Å². The molecule has 0 aliphatic heterocycles. The van der Waals surface area contributed by atoms with Crippen LogP contribution in [-0.2, 0) is 12.8 Å². The van der Waals surface area contributed by atoms with E-state index in [9.17, 15) is 0 Å². The zero-order valence-electron chi connectivity index (χ0n) is 19.0. The lowest BCUT2D eigenvalue weighted by molar-refractivity contribution is 0.818. The van der Waals surface area contributed by atoms with Gasteiger partial charge in [-0.2, -0.15) is 5.10 Å². The second-order valence-corrected chi connectivity index (χ2v) is 9.48. The molecular formula is C25H23N7S. The summed E-state index contributed by atoms with van der Waals surface area (Å²) in [6.07, 6.45) is 3.35. The van der Waals surface area contributed by atoms with Gasteiger partial charge in [0.1, 0.15) is 15.9 Å². The zero-order valence-corrected chi connectivity index (χ0v) is 19.8. The molecule has 8 heteroatoms. The molecule has 0 radical (unpaired) electrons. The number of aromatic nitrogens is 7. The number of nitrogens with zero attached hydrogens (tertiary/aromatic N) is 7. The zero-order chi connectivity index (χ0) is 22.7. The minimum atomic E-state index is 0.743. The molecule has 0 bridgehead atoms. The average molecular weight is 454 g/mol. The summed E-state index contributed by atoms with van der Waals surface area (Å²) in [5.41, 5.74) is 8.56. The Hall–Kier alpha value is -3.65. The summed E-state index contributed by atoms with van der Waals surface area (Å²) in [4.78, 5) is 15.3. The number of benzene rings is 1. The molecule has 6 rings (SSSR count). The lowest BCUT2D eigenvalue weighted by Gasteiger charge is -2.04. The highest BCUT2D eigenvalue weighted by molar-refractivity contribution is 7.26. The lowest BCUT2D eigenvalue weighted by Crippen LogP contribution is -2.00. The molecule has 33 heavy (non-hydrogen) atoms. The van der Waals surface area contributed by atoms with Gasteiger partial charge in [0.2, 0.25) is 0 Å². The van der Waals surface area contributed by atoms with Gasteiger partial charge in [-0.05, 0) is 63.4 Å². The molecule has 0 N–H and O–H groups in total. The molecule has 0 saturated heterocycles. The van der Waals surface area contributed by atoms with Crippen LogP contribution in [-0.4, -0.2) is 34.3 Å². The molecule has 0 aliphatic carbocycles. The fourth-order valence-corrected chi connectivity index (χ4v) is 5.84. The maximum atomic E-state index is 4.89. The van der Waals surface area contributed by atoms with Gasteiger partial charge in [-0.1, -0.05) is 18.2 Å². The number of hydrogen-bond donors (Lipinski definition) is 0. The Morgan fingerprint density at radius 2 is 1.76 bits per heavy atom. The van der Waals surface area contributed by atoms with Gasteiger partial charge in [0.05, 0.1) is 16.9 Å². The first kappa shape index (κ1) is 20.0. The van der Waals surface area contributed by atoms with Crippen LogP contribution in [0.3, 0.4) is 0 Å². The van der Waals surface area contributed by atoms with Crippen molar-refractivity contribution < 1.29 is 0 Å². The molecule has 0 saturated carbocycles. The molecule has 5 heterocycles. The molecule has 0 aliphatic rings. The van der Waals surface area contributed by atoms with Crippen molar-refractivity contribution in [1.82, 2.24) is 34.3 Å². The van der Waals surface area contributed by atoms with E-state index in [0.29, 0.717) is 0 Å². The third-order valence-electron chi connectivity index (χ3n) is 6.18. The van der Waals surface area contributed by atoms with Crippen LogP contribution in [0.25, 0.3) is 31.8 Å². The Labute approximate surface area is 194 Å². The van der Waals surface area contributed by atoms with Crippen molar-refractivity contribution in [2.45, 2.75) is 40.5 Å². The van der Waals surface area contributed by atoms with E-state index in [0.717, 1.165) is 67.5 Å². The molecule has 0 fully saturated rings. The van der Waals surface area contributed by atoms with Crippen LogP contribution in [0.2, 0.25) is 0 Å². The molecule has 0 unspecified atom stereocenters. The van der Waals surface area contributed by atoms with Gasteiger partial charge in [-0.25, -0.2) is 24.1 Å². The van der Waals surface area contributed by atoms with Gasteiger partial charge in [-0.15, -0.1) is 16.4 Å². The highest BCUT2D eigenvalue weighted by Crippen LogP contribution is 2.35. The predicted octanol–water partition coefficient (Wildman–Crippen LogP) is 5.09. The number of aryl methyl sites for hydroxylation is 4. The summed E-state index contributed by atoms with van der Waals surface area (Å²) in [6.45, 7) is 8.34. The molecule has 1 aromatic carbocycles. The van der Waals surface area contributed by atoms with Crippen LogP contribution in [0, 0.1) is 27.7 Å². The maximum Gasteiger partial charge on any atom is 0.176 e. The summed E-state index contributed by atoms with van der Waals surface area (Å²) < 4.78 is 4.85. The first-order valence-corrected chi connectivity index (χ1v) is 11.8. The Kier molecular flexibility index (Phi) is 4.51. The fraction of sp³-hybridized carbons (Fsp3) is 0.240. The summed E-state index contributed by atoms with van der Waals surface area (Å²) in [5.74, 6) is 0.814. The minimum Gasteiger partial charge on any atom is -0.242 e. The number of para-hydroxylation sites is 1. The van der Waals surface area contributed by atoms with Gasteiger partial charge in [0, 0.05) is 23.2 Å². The van der Waals surface area contributed by atoms with Crippen LogP contribution in [0.1, 0.15) is 34.0 Å². The van der Waals surface area contributed by atoms with Gasteiger partial charge in [0.15, 0.2) is 11.5 Å². The lowest BCUT2D eigenvalue weighted by atomic mass is 10.1. The fourth-order valence-electron chi connectivity index (χ4n) is 4.61. The second-order valence-electron chi connectivity index (χ2n) is 8.48. The van der Waals surface area contributed by atoms with E-state index in [1.807, 2.05) is 29.8 Å². The molecule has 0 amide bonds. The van der Waals surface area contributed by atoms with Crippen LogP contribution in [0.4, 0.5) is 0 Å². The number of thiophene rings is 1. The smallest absolute Gasteiger partial charge is 0.176 e. The van der Waals surface area contributed by atoms with E-state index in [2.05, 4.69) is 39.0 Å². The third-order valence-corrected chi connectivity index (χ3v) is 7.25. The van der Waals surface area contributed by atoms with Crippen molar-refractivity contribution in [3.63, 3.8) is 0 Å². The van der Waals surface area contributed by atoms with Crippen LogP contribution in [0.5, 0.6) is 0 Å². The molecule has 0 atom stereocenters.